The van der Waals surface area contributed by atoms with Crippen molar-refractivity contribution in [3.63, 3.8) is 0 Å². The molecule has 10 heavy (non-hydrogen) atoms. The molecule has 0 fully saturated rings. The van der Waals surface area contributed by atoms with E-state index in [4.69, 9.17) is 6.42 Å². The fourth-order valence-corrected chi connectivity index (χ4v) is 0.761. The molecule has 0 spiro atoms. The number of terminal acetylenes is 1. The standard InChI is InChI=1S/C8H16N2/c1-4-7-10(3)8-5-6-9-2/h1,9H,5-8H2,2-3H3. The van der Waals surface area contributed by atoms with Crippen LogP contribution in [0.15, 0.2) is 0 Å². The quantitative estimate of drug-likeness (QED) is 0.432. The summed E-state index contributed by atoms with van der Waals surface area (Å²) in [6.45, 7) is 2.89. The van der Waals surface area contributed by atoms with Crippen molar-refractivity contribution >= 4 is 0 Å². The first-order chi connectivity index (χ1) is 4.81. The molecule has 0 radical (unpaired) electrons. The summed E-state index contributed by atoms with van der Waals surface area (Å²) in [6.07, 6.45) is 6.29. The first-order valence-corrected chi connectivity index (χ1v) is 3.58. The molecule has 0 saturated carbocycles. The van der Waals surface area contributed by atoms with Crippen molar-refractivity contribution in [2.45, 2.75) is 6.42 Å². The van der Waals surface area contributed by atoms with Gasteiger partial charge in [-0.2, -0.15) is 0 Å². The lowest BCUT2D eigenvalue weighted by Gasteiger charge is -2.11. The van der Waals surface area contributed by atoms with E-state index in [-0.39, 0.29) is 0 Å². The van der Waals surface area contributed by atoms with Crippen LogP contribution in [0.5, 0.6) is 0 Å². The number of nitrogens with one attached hydrogen (secondary N) is 1. The molecular weight excluding hydrogens is 124 g/mol. The van der Waals surface area contributed by atoms with Crippen molar-refractivity contribution in [3.05, 3.63) is 0 Å². The van der Waals surface area contributed by atoms with Crippen LogP contribution in [-0.4, -0.2) is 38.6 Å². The van der Waals surface area contributed by atoms with Gasteiger partial charge in [0.25, 0.3) is 0 Å². The normalized spacial score (nSPS) is 9.80. The first-order valence-electron chi connectivity index (χ1n) is 3.58. The van der Waals surface area contributed by atoms with E-state index in [0.717, 1.165) is 26.1 Å². The molecule has 0 aromatic heterocycles. The van der Waals surface area contributed by atoms with Crippen LogP contribution in [0.4, 0.5) is 0 Å². The smallest absolute Gasteiger partial charge is 0.0596 e. The molecule has 0 unspecified atom stereocenters. The van der Waals surface area contributed by atoms with E-state index in [1.54, 1.807) is 0 Å². The fraction of sp³-hybridized carbons (Fsp3) is 0.750. The van der Waals surface area contributed by atoms with E-state index in [9.17, 15) is 0 Å². The fourth-order valence-electron chi connectivity index (χ4n) is 0.761. The van der Waals surface area contributed by atoms with Gasteiger partial charge in [-0.1, -0.05) is 5.92 Å². The van der Waals surface area contributed by atoms with Crippen LogP contribution < -0.4 is 5.32 Å². The minimum absolute atomic E-state index is 0.754. The Balaban J connectivity index is 3.06. The van der Waals surface area contributed by atoms with Gasteiger partial charge in [0.15, 0.2) is 0 Å². The molecule has 0 amide bonds. The number of hydrogen-bond acceptors (Lipinski definition) is 2. The van der Waals surface area contributed by atoms with E-state index in [2.05, 4.69) is 16.1 Å². The van der Waals surface area contributed by atoms with Crippen molar-refractivity contribution in [3.8, 4) is 12.3 Å². The molecule has 2 nitrogen and oxygen atoms in total. The van der Waals surface area contributed by atoms with Gasteiger partial charge in [0.2, 0.25) is 0 Å². The Morgan fingerprint density at radius 1 is 1.60 bits per heavy atom. The predicted molar refractivity (Wildman–Crippen MR) is 44.9 cm³/mol. The zero-order chi connectivity index (χ0) is 7.82. The molecule has 2 heteroatoms. The van der Waals surface area contributed by atoms with E-state index in [0.29, 0.717) is 0 Å². The van der Waals surface area contributed by atoms with Gasteiger partial charge in [0.05, 0.1) is 6.54 Å². The SMILES string of the molecule is C#CCN(C)CCCNC. The van der Waals surface area contributed by atoms with Crippen LogP contribution >= 0.6 is 0 Å². The van der Waals surface area contributed by atoms with Crippen LogP contribution in [0, 0.1) is 12.3 Å². The monoisotopic (exact) mass is 140 g/mol. The average Bonchev–Trinajstić information content (AvgIpc) is 1.89. The van der Waals surface area contributed by atoms with E-state index in [1.807, 2.05) is 14.1 Å². The lowest BCUT2D eigenvalue weighted by Crippen LogP contribution is -2.22. The Kier molecular flexibility index (Phi) is 6.25. The van der Waals surface area contributed by atoms with Crippen molar-refractivity contribution in [1.82, 2.24) is 10.2 Å². The molecule has 0 aliphatic heterocycles. The molecule has 0 aliphatic carbocycles. The Labute approximate surface area is 63.6 Å². The lowest BCUT2D eigenvalue weighted by atomic mass is 10.4. The van der Waals surface area contributed by atoms with Gasteiger partial charge < -0.3 is 5.32 Å². The molecule has 0 aromatic rings. The van der Waals surface area contributed by atoms with Crippen molar-refractivity contribution in [2.24, 2.45) is 0 Å². The van der Waals surface area contributed by atoms with Gasteiger partial charge in [-0.3, -0.25) is 4.90 Å². The second-order valence-corrected chi connectivity index (χ2v) is 2.40. The van der Waals surface area contributed by atoms with Crippen LogP contribution in [0.1, 0.15) is 6.42 Å². The third-order valence-corrected chi connectivity index (χ3v) is 1.33. The Hall–Kier alpha value is -0.520. The summed E-state index contributed by atoms with van der Waals surface area (Å²) in [7, 11) is 4.00. The number of rotatable bonds is 5. The molecule has 0 bridgehead atoms. The molecule has 0 rings (SSSR count). The topological polar surface area (TPSA) is 15.3 Å². The summed E-state index contributed by atoms with van der Waals surface area (Å²) < 4.78 is 0. The van der Waals surface area contributed by atoms with Gasteiger partial charge in [0, 0.05) is 0 Å². The zero-order valence-corrected chi connectivity index (χ0v) is 6.85. The molecule has 1 N–H and O–H groups in total. The maximum atomic E-state index is 5.13. The van der Waals surface area contributed by atoms with E-state index >= 15 is 0 Å². The second kappa shape index (κ2) is 6.60. The summed E-state index contributed by atoms with van der Waals surface area (Å²) in [5, 5.41) is 3.09. The summed E-state index contributed by atoms with van der Waals surface area (Å²) in [5.74, 6) is 2.60. The van der Waals surface area contributed by atoms with Gasteiger partial charge in [-0.05, 0) is 33.6 Å². The lowest BCUT2D eigenvalue weighted by molar-refractivity contribution is 0.367. The molecular formula is C8H16N2. The number of nitrogens with zero attached hydrogens (tertiary/aromatic N) is 1. The van der Waals surface area contributed by atoms with E-state index < -0.39 is 0 Å². The highest BCUT2D eigenvalue weighted by atomic mass is 15.1. The molecule has 0 heterocycles. The largest absolute Gasteiger partial charge is 0.320 e. The highest BCUT2D eigenvalue weighted by molar-refractivity contribution is 4.86. The van der Waals surface area contributed by atoms with Crippen molar-refractivity contribution < 1.29 is 0 Å². The van der Waals surface area contributed by atoms with E-state index in [1.165, 1.54) is 0 Å². The number of hydrogen-bond donors (Lipinski definition) is 1. The molecule has 58 valence electrons. The third kappa shape index (κ3) is 5.61. The molecule has 0 saturated heterocycles. The third-order valence-electron chi connectivity index (χ3n) is 1.33. The van der Waals surface area contributed by atoms with Crippen LogP contribution in [0.2, 0.25) is 0 Å². The second-order valence-electron chi connectivity index (χ2n) is 2.40. The van der Waals surface area contributed by atoms with Crippen LogP contribution in [0.3, 0.4) is 0 Å². The average molecular weight is 140 g/mol. The summed E-state index contributed by atoms with van der Waals surface area (Å²) in [4.78, 5) is 2.14. The molecule has 0 aromatic carbocycles. The van der Waals surface area contributed by atoms with Crippen molar-refractivity contribution in [1.29, 1.82) is 0 Å². The summed E-state index contributed by atoms with van der Waals surface area (Å²) >= 11 is 0. The van der Waals surface area contributed by atoms with Crippen LogP contribution in [0.25, 0.3) is 0 Å². The van der Waals surface area contributed by atoms with Gasteiger partial charge in [-0.15, -0.1) is 6.42 Å². The maximum Gasteiger partial charge on any atom is 0.0596 e. The van der Waals surface area contributed by atoms with Gasteiger partial charge >= 0.3 is 0 Å². The van der Waals surface area contributed by atoms with Crippen LogP contribution in [-0.2, 0) is 0 Å². The van der Waals surface area contributed by atoms with Gasteiger partial charge in [0.1, 0.15) is 0 Å². The summed E-state index contributed by atoms with van der Waals surface area (Å²) in [5.41, 5.74) is 0. The Morgan fingerprint density at radius 3 is 2.80 bits per heavy atom. The highest BCUT2D eigenvalue weighted by Crippen LogP contribution is 1.83. The first kappa shape index (κ1) is 9.48. The predicted octanol–water partition coefficient (Wildman–Crippen LogP) is 0.161. The molecule has 0 aliphatic rings. The Bertz CT molecular complexity index is 104. The van der Waals surface area contributed by atoms with Crippen molar-refractivity contribution in [2.75, 3.05) is 33.7 Å². The molecule has 0 atom stereocenters. The minimum atomic E-state index is 0.754. The summed E-state index contributed by atoms with van der Waals surface area (Å²) in [6, 6.07) is 0. The Morgan fingerprint density at radius 2 is 2.30 bits per heavy atom. The minimum Gasteiger partial charge on any atom is -0.320 e. The van der Waals surface area contributed by atoms with Gasteiger partial charge in [-0.25, -0.2) is 0 Å². The maximum absolute atomic E-state index is 5.13. The highest BCUT2D eigenvalue weighted by Gasteiger charge is 1.92. The zero-order valence-electron chi connectivity index (χ0n) is 6.85.